The van der Waals surface area contributed by atoms with Crippen molar-refractivity contribution in [3.05, 3.63) is 35.4 Å². The van der Waals surface area contributed by atoms with E-state index >= 15 is 0 Å². The minimum atomic E-state index is -1.10. The van der Waals surface area contributed by atoms with E-state index in [0.29, 0.717) is 0 Å². The molecule has 0 amide bonds. The average molecular weight is 297 g/mol. The molecule has 0 bridgehead atoms. The molecule has 4 heteroatoms. The first-order chi connectivity index (χ1) is 9.08. The first kappa shape index (κ1) is 17.5. The van der Waals surface area contributed by atoms with Gasteiger partial charge in [0, 0.05) is 16.8 Å². The van der Waals surface area contributed by atoms with Gasteiger partial charge in [-0.15, -0.1) is 4.72 Å². The standard InChI is InChI=1S/C16H27NO2S/c1-12(17-20(19)15(2,3)4)13-8-7-9-14(10-13)16(5,6)11-18/h7-10,12,17-18H,11H2,1-6H3. The molecule has 20 heavy (non-hydrogen) atoms. The third-order valence-electron chi connectivity index (χ3n) is 3.40. The van der Waals surface area contributed by atoms with Crippen molar-refractivity contribution >= 4 is 11.4 Å². The molecule has 2 N–H and O–H groups in total. The minimum absolute atomic E-state index is 0.00417. The third-order valence-corrected chi connectivity index (χ3v) is 5.08. The van der Waals surface area contributed by atoms with Crippen molar-refractivity contribution in [2.45, 2.75) is 57.7 Å². The van der Waals surface area contributed by atoms with Crippen molar-refractivity contribution in [2.24, 2.45) is 0 Å². The summed E-state index contributed by atoms with van der Waals surface area (Å²) < 4.78 is 15.0. The van der Waals surface area contributed by atoms with E-state index < -0.39 is 11.4 Å². The van der Waals surface area contributed by atoms with Gasteiger partial charge >= 0.3 is 0 Å². The van der Waals surface area contributed by atoms with Crippen molar-refractivity contribution in [1.29, 1.82) is 0 Å². The molecule has 0 aliphatic heterocycles. The van der Waals surface area contributed by atoms with E-state index in [9.17, 15) is 9.66 Å². The second kappa shape index (κ2) is 6.48. The zero-order chi connectivity index (χ0) is 15.6. The van der Waals surface area contributed by atoms with Crippen LogP contribution in [0.1, 0.15) is 58.7 Å². The first-order valence-electron chi connectivity index (χ1n) is 6.97. The predicted molar refractivity (Wildman–Crippen MR) is 86.0 cm³/mol. The number of benzene rings is 1. The van der Waals surface area contributed by atoms with Crippen LogP contribution in [-0.4, -0.2) is 21.0 Å². The largest absolute Gasteiger partial charge is 0.598 e. The summed E-state index contributed by atoms with van der Waals surface area (Å²) in [6.07, 6.45) is 0. The molecular formula is C16H27NO2S. The van der Waals surface area contributed by atoms with E-state index in [-0.39, 0.29) is 22.8 Å². The van der Waals surface area contributed by atoms with Crippen LogP contribution < -0.4 is 4.72 Å². The van der Waals surface area contributed by atoms with E-state index in [4.69, 9.17) is 0 Å². The van der Waals surface area contributed by atoms with Gasteiger partial charge in [0.05, 0.1) is 12.6 Å². The Bertz CT molecular complexity index is 440. The topological polar surface area (TPSA) is 55.3 Å². The molecule has 1 aromatic carbocycles. The quantitative estimate of drug-likeness (QED) is 0.821. The van der Waals surface area contributed by atoms with E-state index in [0.717, 1.165) is 11.1 Å². The molecule has 2 unspecified atom stereocenters. The van der Waals surface area contributed by atoms with Gasteiger partial charge in [0.2, 0.25) is 0 Å². The fourth-order valence-electron chi connectivity index (χ4n) is 1.73. The SMILES string of the molecule is CC(N[S+]([O-])C(C)(C)C)c1cccc(C(C)(C)CO)c1. The van der Waals surface area contributed by atoms with Gasteiger partial charge in [-0.1, -0.05) is 38.1 Å². The molecule has 0 heterocycles. The zero-order valence-electron chi connectivity index (χ0n) is 13.4. The summed E-state index contributed by atoms with van der Waals surface area (Å²) in [5.41, 5.74) is 1.91. The summed E-state index contributed by atoms with van der Waals surface area (Å²) in [4.78, 5) is 0. The molecule has 0 fully saturated rings. The van der Waals surface area contributed by atoms with Gasteiger partial charge < -0.3 is 9.66 Å². The molecule has 0 aliphatic rings. The molecule has 0 aromatic heterocycles. The van der Waals surface area contributed by atoms with Crippen LogP contribution in [0.5, 0.6) is 0 Å². The highest BCUT2D eigenvalue weighted by atomic mass is 32.2. The molecule has 0 spiro atoms. The summed E-state index contributed by atoms with van der Waals surface area (Å²) in [5, 5.41) is 9.46. The van der Waals surface area contributed by atoms with E-state index in [1.807, 2.05) is 59.7 Å². The Labute approximate surface area is 126 Å². The van der Waals surface area contributed by atoms with Crippen molar-refractivity contribution in [3.8, 4) is 0 Å². The van der Waals surface area contributed by atoms with Crippen LogP contribution in [0.4, 0.5) is 0 Å². The van der Waals surface area contributed by atoms with Gasteiger partial charge in [-0.05, 0) is 38.8 Å². The Morgan fingerprint density at radius 1 is 1.25 bits per heavy atom. The lowest BCUT2D eigenvalue weighted by molar-refractivity contribution is 0.218. The average Bonchev–Trinajstić information content (AvgIpc) is 2.37. The van der Waals surface area contributed by atoms with E-state index in [2.05, 4.69) is 10.8 Å². The second-order valence-corrected chi connectivity index (χ2v) is 8.89. The number of hydrogen-bond donors (Lipinski definition) is 2. The predicted octanol–water partition coefficient (Wildman–Crippen LogP) is 3.07. The third kappa shape index (κ3) is 4.48. The van der Waals surface area contributed by atoms with Crippen molar-refractivity contribution in [3.63, 3.8) is 0 Å². The molecule has 1 rings (SSSR count). The van der Waals surface area contributed by atoms with Crippen LogP contribution in [-0.2, 0) is 16.8 Å². The van der Waals surface area contributed by atoms with Crippen LogP contribution in [0, 0.1) is 0 Å². The van der Waals surface area contributed by atoms with E-state index in [1.54, 1.807) is 0 Å². The molecule has 0 radical (unpaired) electrons. The molecule has 2 atom stereocenters. The summed E-state index contributed by atoms with van der Waals surface area (Å²) in [6.45, 7) is 12.0. The Morgan fingerprint density at radius 2 is 1.85 bits per heavy atom. The van der Waals surface area contributed by atoms with Gasteiger partial charge in [-0.2, -0.15) is 0 Å². The normalized spacial score (nSPS) is 16.0. The summed E-state index contributed by atoms with van der Waals surface area (Å²) in [5.74, 6) is 0. The Hall–Kier alpha value is -0.550. The number of nitrogens with one attached hydrogen (secondary N) is 1. The highest BCUT2D eigenvalue weighted by Crippen LogP contribution is 2.26. The highest BCUT2D eigenvalue weighted by Gasteiger charge is 2.28. The van der Waals surface area contributed by atoms with Crippen LogP contribution >= 0.6 is 0 Å². The summed E-state index contributed by atoms with van der Waals surface area (Å²) in [7, 11) is 0. The fourth-order valence-corrected chi connectivity index (χ4v) is 2.54. The molecule has 0 saturated heterocycles. The Kier molecular flexibility index (Phi) is 5.67. The van der Waals surface area contributed by atoms with Crippen LogP contribution in [0.15, 0.2) is 24.3 Å². The van der Waals surface area contributed by atoms with E-state index in [1.165, 1.54) is 0 Å². The monoisotopic (exact) mass is 297 g/mol. The molecule has 0 saturated carbocycles. The fraction of sp³-hybridized carbons (Fsp3) is 0.625. The van der Waals surface area contributed by atoms with Crippen LogP contribution in [0.3, 0.4) is 0 Å². The van der Waals surface area contributed by atoms with Gasteiger partial charge in [0.25, 0.3) is 0 Å². The smallest absolute Gasteiger partial charge is 0.136 e. The second-order valence-electron chi connectivity index (χ2n) is 6.89. The van der Waals surface area contributed by atoms with Gasteiger partial charge in [0.15, 0.2) is 0 Å². The molecular weight excluding hydrogens is 270 g/mol. The maximum atomic E-state index is 12.1. The summed E-state index contributed by atoms with van der Waals surface area (Å²) in [6, 6.07) is 8.11. The minimum Gasteiger partial charge on any atom is -0.598 e. The van der Waals surface area contributed by atoms with Crippen LogP contribution in [0.2, 0.25) is 0 Å². The molecule has 1 aromatic rings. The van der Waals surface area contributed by atoms with Gasteiger partial charge in [0.1, 0.15) is 4.75 Å². The number of aliphatic hydroxyl groups is 1. The molecule has 0 aliphatic carbocycles. The lowest BCUT2D eigenvalue weighted by Gasteiger charge is -2.28. The lowest BCUT2D eigenvalue weighted by atomic mass is 9.84. The van der Waals surface area contributed by atoms with Crippen molar-refractivity contribution in [1.82, 2.24) is 4.72 Å². The summed E-state index contributed by atoms with van der Waals surface area (Å²) >= 11 is -1.10. The molecule has 114 valence electrons. The number of aliphatic hydroxyl groups excluding tert-OH is 1. The van der Waals surface area contributed by atoms with Crippen molar-refractivity contribution < 1.29 is 9.66 Å². The first-order valence-corrected chi connectivity index (χ1v) is 8.12. The van der Waals surface area contributed by atoms with Crippen molar-refractivity contribution in [2.75, 3.05) is 6.61 Å². The lowest BCUT2D eigenvalue weighted by Crippen LogP contribution is -2.40. The maximum absolute atomic E-state index is 12.1. The van der Waals surface area contributed by atoms with Gasteiger partial charge in [-0.25, -0.2) is 0 Å². The number of rotatable bonds is 5. The molecule has 3 nitrogen and oxygen atoms in total. The zero-order valence-corrected chi connectivity index (χ0v) is 14.2. The highest BCUT2D eigenvalue weighted by molar-refractivity contribution is 7.90. The maximum Gasteiger partial charge on any atom is 0.136 e. The Morgan fingerprint density at radius 3 is 2.35 bits per heavy atom. The number of hydrogen-bond acceptors (Lipinski definition) is 3. The van der Waals surface area contributed by atoms with Gasteiger partial charge in [-0.3, -0.25) is 0 Å². The Balaban J connectivity index is 2.90. The van der Waals surface area contributed by atoms with Crippen LogP contribution in [0.25, 0.3) is 0 Å².